The van der Waals surface area contributed by atoms with Gasteiger partial charge in [0.25, 0.3) is 0 Å². The van der Waals surface area contributed by atoms with Crippen molar-refractivity contribution < 1.29 is 23.0 Å². The number of ether oxygens (including phenoxy) is 2. The number of rotatable bonds is 6. The van der Waals surface area contributed by atoms with Crippen LogP contribution >= 0.6 is 0 Å². The largest absolute Gasteiger partial charge is 0.506 e. The summed E-state index contributed by atoms with van der Waals surface area (Å²) in [6.07, 6.45) is 1.50. The molecule has 0 amide bonds. The Morgan fingerprint density at radius 3 is 2.50 bits per heavy atom. The average molecular weight is 377 g/mol. The van der Waals surface area contributed by atoms with E-state index in [0.29, 0.717) is 23.7 Å². The summed E-state index contributed by atoms with van der Waals surface area (Å²) in [5.41, 5.74) is 2.31. The molecular weight excluding hydrogens is 354 g/mol. The summed E-state index contributed by atoms with van der Waals surface area (Å²) in [5, 5.41) is 10.2. The second-order valence-electron chi connectivity index (χ2n) is 6.24. The van der Waals surface area contributed by atoms with Crippen LogP contribution in [0.25, 0.3) is 0 Å². The number of hydrogen-bond acceptors (Lipinski definition) is 5. The van der Waals surface area contributed by atoms with E-state index in [1.54, 1.807) is 37.4 Å². The van der Waals surface area contributed by atoms with Gasteiger partial charge in [0.2, 0.25) is 10.0 Å². The van der Waals surface area contributed by atoms with Crippen molar-refractivity contribution in [2.24, 2.45) is 0 Å². The quantitative estimate of drug-likeness (QED) is 0.838. The van der Waals surface area contributed by atoms with Crippen LogP contribution in [0.2, 0.25) is 0 Å². The highest BCUT2D eigenvalue weighted by Gasteiger charge is 2.30. The maximum atomic E-state index is 12.8. The Hall–Kier alpha value is -2.41. The molecule has 1 N–H and O–H groups in total. The average Bonchev–Trinajstić information content (AvgIpc) is 2.65. The number of sulfonamides is 1. The van der Waals surface area contributed by atoms with Crippen molar-refractivity contribution in [3.8, 4) is 17.2 Å². The molecule has 0 atom stereocenters. The number of anilines is 1. The van der Waals surface area contributed by atoms with Gasteiger partial charge in [0.15, 0.2) is 0 Å². The van der Waals surface area contributed by atoms with Crippen molar-refractivity contribution in [1.82, 2.24) is 0 Å². The molecule has 7 heteroatoms. The Morgan fingerprint density at radius 2 is 1.81 bits per heavy atom. The fourth-order valence-electron chi connectivity index (χ4n) is 3.16. The van der Waals surface area contributed by atoms with Gasteiger partial charge in [0.1, 0.15) is 29.6 Å². The molecular formula is C19H23NO5S. The number of phenolic OH excluding ortho intramolecular Hbond substituents is 1. The Bertz CT molecular complexity index is 878. The molecule has 1 aliphatic rings. The first kappa shape index (κ1) is 18.4. The van der Waals surface area contributed by atoms with Crippen molar-refractivity contribution in [3.05, 3.63) is 47.5 Å². The molecule has 0 aromatic heterocycles. The summed E-state index contributed by atoms with van der Waals surface area (Å²) in [7, 11) is -2.02. The third kappa shape index (κ3) is 3.72. The van der Waals surface area contributed by atoms with E-state index < -0.39 is 10.0 Å². The number of fused-ring (bicyclic) bond motifs is 1. The SMILES string of the molecule is COc1ccc(OCCS(=O)(=O)N2CCCc3c(C)ccc(O)c32)cc1. The maximum absolute atomic E-state index is 12.8. The monoisotopic (exact) mass is 377 g/mol. The van der Waals surface area contributed by atoms with E-state index in [0.717, 1.165) is 24.0 Å². The zero-order valence-corrected chi connectivity index (χ0v) is 15.8. The number of methoxy groups -OCH3 is 1. The van der Waals surface area contributed by atoms with Gasteiger partial charge < -0.3 is 14.6 Å². The zero-order chi connectivity index (χ0) is 18.7. The first-order valence-corrected chi connectivity index (χ1v) is 10.1. The topological polar surface area (TPSA) is 76.1 Å². The number of hydrogen-bond donors (Lipinski definition) is 1. The lowest BCUT2D eigenvalue weighted by Crippen LogP contribution is -2.38. The van der Waals surface area contributed by atoms with Crippen molar-refractivity contribution in [2.75, 3.05) is 30.3 Å². The smallest absolute Gasteiger partial charge is 0.238 e. The predicted molar refractivity (Wildman–Crippen MR) is 101 cm³/mol. The minimum Gasteiger partial charge on any atom is -0.506 e. The van der Waals surface area contributed by atoms with Crippen LogP contribution in [0.5, 0.6) is 17.2 Å². The molecule has 0 radical (unpaired) electrons. The minimum atomic E-state index is -3.60. The number of phenols is 1. The number of benzene rings is 2. The van der Waals surface area contributed by atoms with Gasteiger partial charge in [-0.15, -0.1) is 0 Å². The summed E-state index contributed by atoms with van der Waals surface area (Å²) in [6, 6.07) is 10.3. The molecule has 0 fully saturated rings. The Morgan fingerprint density at radius 1 is 1.12 bits per heavy atom. The van der Waals surface area contributed by atoms with Crippen LogP contribution in [0.1, 0.15) is 17.5 Å². The van der Waals surface area contributed by atoms with Gasteiger partial charge in [-0.1, -0.05) is 6.07 Å². The Kier molecular flexibility index (Phi) is 5.27. The van der Waals surface area contributed by atoms with Crippen LogP contribution in [-0.4, -0.2) is 39.5 Å². The number of aryl methyl sites for hydroxylation is 1. The van der Waals surface area contributed by atoms with Gasteiger partial charge in [-0.2, -0.15) is 0 Å². The van der Waals surface area contributed by atoms with Gasteiger partial charge in [-0.3, -0.25) is 4.31 Å². The molecule has 0 spiro atoms. The molecule has 2 aromatic rings. The van der Waals surface area contributed by atoms with Crippen molar-refractivity contribution in [3.63, 3.8) is 0 Å². The van der Waals surface area contributed by atoms with Gasteiger partial charge in [0.05, 0.1) is 12.8 Å². The van der Waals surface area contributed by atoms with E-state index >= 15 is 0 Å². The molecule has 2 aromatic carbocycles. The summed E-state index contributed by atoms with van der Waals surface area (Å²) >= 11 is 0. The number of nitrogens with zero attached hydrogens (tertiary/aromatic N) is 1. The number of aromatic hydroxyl groups is 1. The fourth-order valence-corrected chi connectivity index (χ4v) is 4.56. The normalized spacial score (nSPS) is 14.0. The molecule has 0 saturated heterocycles. The van der Waals surface area contributed by atoms with Gasteiger partial charge in [0, 0.05) is 6.54 Å². The summed E-state index contributed by atoms with van der Waals surface area (Å²) < 4.78 is 37.6. The standard InChI is InChI=1S/C19H23NO5S/c1-14-5-10-18(21)19-17(14)4-3-11-20(19)26(22,23)13-12-25-16-8-6-15(24-2)7-9-16/h5-10,21H,3-4,11-13H2,1-2H3. The van der Waals surface area contributed by atoms with Crippen LogP contribution in [-0.2, 0) is 16.4 Å². The molecule has 26 heavy (non-hydrogen) atoms. The van der Waals surface area contributed by atoms with E-state index in [9.17, 15) is 13.5 Å². The molecule has 1 aliphatic heterocycles. The van der Waals surface area contributed by atoms with Crippen LogP contribution < -0.4 is 13.8 Å². The highest BCUT2D eigenvalue weighted by Crippen LogP contribution is 2.39. The summed E-state index contributed by atoms with van der Waals surface area (Å²) in [5.74, 6) is 1.13. The summed E-state index contributed by atoms with van der Waals surface area (Å²) in [6.45, 7) is 2.34. The lowest BCUT2D eigenvalue weighted by Gasteiger charge is -2.32. The highest BCUT2D eigenvalue weighted by atomic mass is 32.2. The van der Waals surface area contributed by atoms with E-state index in [2.05, 4.69) is 0 Å². The van der Waals surface area contributed by atoms with Gasteiger partial charge >= 0.3 is 0 Å². The summed E-state index contributed by atoms with van der Waals surface area (Å²) in [4.78, 5) is 0. The lowest BCUT2D eigenvalue weighted by molar-refractivity contribution is 0.339. The second-order valence-corrected chi connectivity index (χ2v) is 8.26. The van der Waals surface area contributed by atoms with E-state index in [1.807, 2.05) is 13.0 Å². The van der Waals surface area contributed by atoms with Gasteiger partial charge in [-0.05, 0) is 61.2 Å². The van der Waals surface area contributed by atoms with Crippen LogP contribution in [0.3, 0.4) is 0 Å². The van der Waals surface area contributed by atoms with Gasteiger partial charge in [-0.25, -0.2) is 8.42 Å². The van der Waals surface area contributed by atoms with Crippen molar-refractivity contribution >= 4 is 15.7 Å². The van der Waals surface area contributed by atoms with Crippen LogP contribution in [0, 0.1) is 6.92 Å². The third-order valence-electron chi connectivity index (χ3n) is 4.54. The lowest BCUT2D eigenvalue weighted by atomic mass is 9.98. The maximum Gasteiger partial charge on any atom is 0.238 e. The highest BCUT2D eigenvalue weighted by molar-refractivity contribution is 7.92. The van der Waals surface area contributed by atoms with Crippen LogP contribution in [0.15, 0.2) is 36.4 Å². The first-order valence-electron chi connectivity index (χ1n) is 8.51. The van der Waals surface area contributed by atoms with Crippen LogP contribution in [0.4, 0.5) is 5.69 Å². The molecule has 0 aliphatic carbocycles. The fraction of sp³-hybridized carbons (Fsp3) is 0.368. The van der Waals surface area contributed by atoms with E-state index in [4.69, 9.17) is 9.47 Å². The minimum absolute atomic E-state index is 0.00458. The third-order valence-corrected chi connectivity index (χ3v) is 6.26. The molecule has 6 nitrogen and oxygen atoms in total. The molecule has 0 unspecified atom stereocenters. The predicted octanol–water partition coefficient (Wildman–Crippen LogP) is 2.87. The molecule has 1 heterocycles. The van der Waals surface area contributed by atoms with Crippen molar-refractivity contribution in [2.45, 2.75) is 19.8 Å². The first-order chi connectivity index (χ1) is 12.4. The Balaban J connectivity index is 1.72. The molecule has 0 bridgehead atoms. The van der Waals surface area contributed by atoms with Crippen molar-refractivity contribution in [1.29, 1.82) is 0 Å². The molecule has 3 rings (SSSR count). The van der Waals surface area contributed by atoms with E-state index in [-0.39, 0.29) is 18.1 Å². The molecule has 140 valence electrons. The van der Waals surface area contributed by atoms with E-state index in [1.165, 1.54) is 4.31 Å². The zero-order valence-electron chi connectivity index (χ0n) is 14.9. The Labute approximate surface area is 154 Å². The second kappa shape index (κ2) is 7.45. The molecule has 0 saturated carbocycles.